The molecule has 0 radical (unpaired) electrons. The van der Waals surface area contributed by atoms with Gasteiger partial charge in [0, 0.05) is 22.4 Å². The highest BCUT2D eigenvalue weighted by Crippen LogP contribution is 2.36. The second-order valence-electron chi connectivity index (χ2n) is 4.99. The lowest BCUT2D eigenvalue weighted by atomic mass is 9.89. The van der Waals surface area contributed by atoms with E-state index in [0.717, 1.165) is 24.8 Å². The number of hydrogen-bond donors (Lipinski definition) is 0. The van der Waals surface area contributed by atoms with E-state index < -0.39 is 0 Å². The summed E-state index contributed by atoms with van der Waals surface area (Å²) in [5, 5.41) is 10.8. The number of halogens is 2. The number of unbranched alkanes of at least 4 members (excludes halogenated alkanes) is 1. The molecule has 0 saturated carbocycles. The molecule has 0 saturated heterocycles. The molecule has 0 aliphatic rings. The molecule has 2 aromatic rings. The van der Waals surface area contributed by atoms with Gasteiger partial charge in [-0.15, -0.1) is 0 Å². The van der Waals surface area contributed by atoms with Crippen LogP contribution in [0.2, 0.25) is 10.0 Å². The van der Waals surface area contributed by atoms with Gasteiger partial charge in [-0.1, -0.05) is 49.0 Å². The van der Waals surface area contributed by atoms with Crippen molar-refractivity contribution in [3.63, 3.8) is 0 Å². The summed E-state index contributed by atoms with van der Waals surface area (Å²) in [5.41, 5.74) is 0.818. The van der Waals surface area contributed by atoms with Crippen molar-refractivity contribution in [2.75, 3.05) is 0 Å². The third-order valence-electron chi connectivity index (χ3n) is 3.58. The highest BCUT2D eigenvalue weighted by atomic mass is 35.5. The quantitative estimate of drug-likeness (QED) is 0.731. The number of benzene rings is 1. The average molecular weight is 322 g/mol. The van der Waals surface area contributed by atoms with Gasteiger partial charge in [0.1, 0.15) is 0 Å². The summed E-state index contributed by atoms with van der Waals surface area (Å²) in [6, 6.07) is 7.73. The van der Waals surface area contributed by atoms with Gasteiger partial charge in [-0.3, -0.25) is 0 Å². The van der Waals surface area contributed by atoms with Crippen molar-refractivity contribution in [1.82, 2.24) is 9.55 Å². The fourth-order valence-electron chi connectivity index (χ4n) is 2.48. The van der Waals surface area contributed by atoms with E-state index in [2.05, 4.69) is 18.0 Å². The Hall–Kier alpha value is -1.50. The van der Waals surface area contributed by atoms with E-state index >= 15 is 0 Å². The molecule has 2 rings (SSSR count). The Labute approximate surface area is 135 Å². The smallest absolute Gasteiger partial charge is 0.0949 e. The molecule has 0 aliphatic heterocycles. The molecule has 2 atom stereocenters. The first-order chi connectivity index (χ1) is 10.2. The Morgan fingerprint density at radius 3 is 2.76 bits per heavy atom. The van der Waals surface area contributed by atoms with Gasteiger partial charge in [0.05, 0.1) is 24.4 Å². The summed E-state index contributed by atoms with van der Waals surface area (Å²) in [7, 11) is 0. The SMILES string of the molecule is CCCCC(C(C#N)c1ccc(Cl)cc1Cl)n1ccnc1. The van der Waals surface area contributed by atoms with Crippen LogP contribution in [0.5, 0.6) is 0 Å². The van der Waals surface area contributed by atoms with Gasteiger partial charge in [0.25, 0.3) is 0 Å². The lowest BCUT2D eigenvalue weighted by Gasteiger charge is -2.24. The van der Waals surface area contributed by atoms with Gasteiger partial charge in [-0.2, -0.15) is 5.26 Å². The number of aromatic nitrogens is 2. The molecular formula is C16H17Cl2N3. The van der Waals surface area contributed by atoms with Crippen LogP contribution in [0.25, 0.3) is 0 Å². The first kappa shape index (κ1) is 15.9. The van der Waals surface area contributed by atoms with Crippen LogP contribution in [0, 0.1) is 11.3 Å². The van der Waals surface area contributed by atoms with Crippen LogP contribution in [-0.4, -0.2) is 9.55 Å². The summed E-state index contributed by atoms with van der Waals surface area (Å²) >= 11 is 12.2. The second kappa shape index (κ2) is 7.49. The minimum Gasteiger partial charge on any atom is -0.333 e. The first-order valence-corrected chi connectivity index (χ1v) is 7.75. The third kappa shape index (κ3) is 3.78. The molecule has 21 heavy (non-hydrogen) atoms. The zero-order chi connectivity index (χ0) is 15.2. The van der Waals surface area contributed by atoms with Crippen molar-refractivity contribution in [3.05, 3.63) is 52.5 Å². The summed E-state index contributed by atoms with van der Waals surface area (Å²) in [5.74, 6) is -0.324. The van der Waals surface area contributed by atoms with E-state index in [4.69, 9.17) is 23.2 Å². The van der Waals surface area contributed by atoms with Crippen LogP contribution >= 0.6 is 23.2 Å². The van der Waals surface area contributed by atoms with Crippen molar-refractivity contribution >= 4 is 23.2 Å². The van der Waals surface area contributed by atoms with Crippen molar-refractivity contribution in [2.24, 2.45) is 0 Å². The predicted molar refractivity (Wildman–Crippen MR) is 85.6 cm³/mol. The molecule has 1 heterocycles. The number of nitrogens with zero attached hydrogens (tertiary/aromatic N) is 3. The van der Waals surface area contributed by atoms with Gasteiger partial charge < -0.3 is 4.57 Å². The maximum atomic E-state index is 9.67. The van der Waals surface area contributed by atoms with Gasteiger partial charge in [-0.05, 0) is 24.1 Å². The number of hydrogen-bond acceptors (Lipinski definition) is 2. The molecular weight excluding hydrogens is 305 g/mol. The summed E-state index contributed by atoms with van der Waals surface area (Å²) < 4.78 is 1.99. The fraction of sp³-hybridized carbons (Fsp3) is 0.375. The molecule has 0 aliphatic carbocycles. The highest BCUT2D eigenvalue weighted by molar-refractivity contribution is 6.35. The normalized spacial score (nSPS) is 13.6. The maximum absolute atomic E-state index is 9.67. The lowest BCUT2D eigenvalue weighted by Crippen LogP contribution is -2.16. The van der Waals surface area contributed by atoms with Crippen LogP contribution in [0.3, 0.4) is 0 Å². The van der Waals surface area contributed by atoms with Gasteiger partial charge in [0.15, 0.2) is 0 Å². The fourth-order valence-corrected chi connectivity index (χ4v) is 3.01. The van der Waals surface area contributed by atoms with Gasteiger partial charge in [-0.25, -0.2) is 4.98 Å². The number of nitriles is 1. The van der Waals surface area contributed by atoms with Crippen molar-refractivity contribution in [1.29, 1.82) is 5.26 Å². The topological polar surface area (TPSA) is 41.6 Å². The molecule has 3 nitrogen and oxygen atoms in total. The molecule has 0 fully saturated rings. The first-order valence-electron chi connectivity index (χ1n) is 6.99. The van der Waals surface area contributed by atoms with E-state index in [-0.39, 0.29) is 12.0 Å². The van der Waals surface area contributed by atoms with Gasteiger partial charge in [0.2, 0.25) is 0 Å². The summed E-state index contributed by atoms with van der Waals surface area (Å²) in [6.45, 7) is 2.14. The monoisotopic (exact) mass is 321 g/mol. The van der Waals surface area contributed by atoms with Crippen molar-refractivity contribution in [2.45, 2.75) is 38.1 Å². The molecule has 5 heteroatoms. The minimum atomic E-state index is -0.324. The maximum Gasteiger partial charge on any atom is 0.0949 e. The Morgan fingerprint density at radius 1 is 1.38 bits per heavy atom. The van der Waals surface area contributed by atoms with Crippen molar-refractivity contribution in [3.8, 4) is 6.07 Å². The average Bonchev–Trinajstić information content (AvgIpc) is 2.98. The van der Waals surface area contributed by atoms with E-state index in [1.54, 1.807) is 24.7 Å². The molecule has 2 unspecified atom stereocenters. The minimum absolute atomic E-state index is 0.0242. The molecule has 0 amide bonds. The molecule has 0 bridgehead atoms. The van der Waals surface area contributed by atoms with Crippen LogP contribution in [0.15, 0.2) is 36.9 Å². The van der Waals surface area contributed by atoms with Crippen LogP contribution < -0.4 is 0 Å². The Morgan fingerprint density at radius 2 is 2.19 bits per heavy atom. The predicted octanol–water partition coefficient (Wildman–Crippen LogP) is 5.23. The van der Waals surface area contributed by atoms with E-state index in [1.807, 2.05) is 16.8 Å². The molecule has 1 aromatic carbocycles. The summed E-state index contributed by atoms with van der Waals surface area (Å²) in [4.78, 5) is 4.10. The Bertz CT molecular complexity index is 617. The van der Waals surface area contributed by atoms with Gasteiger partial charge >= 0.3 is 0 Å². The zero-order valence-corrected chi connectivity index (χ0v) is 13.3. The number of rotatable bonds is 6. The molecule has 1 aromatic heterocycles. The lowest BCUT2D eigenvalue weighted by molar-refractivity contribution is 0.417. The Balaban J connectivity index is 2.37. The van der Waals surface area contributed by atoms with E-state index in [9.17, 15) is 5.26 Å². The highest BCUT2D eigenvalue weighted by Gasteiger charge is 2.26. The summed E-state index contributed by atoms with van der Waals surface area (Å²) in [6.07, 6.45) is 8.42. The van der Waals surface area contributed by atoms with Crippen LogP contribution in [0.4, 0.5) is 0 Å². The van der Waals surface area contributed by atoms with Crippen molar-refractivity contribution < 1.29 is 0 Å². The van der Waals surface area contributed by atoms with E-state index in [0.29, 0.717) is 10.0 Å². The third-order valence-corrected chi connectivity index (χ3v) is 4.15. The standard InChI is InChI=1S/C16H17Cl2N3/c1-2-3-4-16(21-8-7-20-11-21)14(10-19)13-6-5-12(17)9-15(13)18/h5-9,11,14,16H,2-4H2,1H3. The molecule has 0 N–H and O–H groups in total. The zero-order valence-electron chi connectivity index (χ0n) is 11.8. The number of imidazole rings is 1. The molecule has 0 spiro atoms. The van der Waals surface area contributed by atoms with E-state index in [1.165, 1.54) is 0 Å². The molecule has 110 valence electrons. The largest absolute Gasteiger partial charge is 0.333 e. The van der Waals surface area contributed by atoms with Crippen LogP contribution in [-0.2, 0) is 0 Å². The van der Waals surface area contributed by atoms with Crippen LogP contribution in [0.1, 0.15) is 43.7 Å². The second-order valence-corrected chi connectivity index (χ2v) is 5.84. The Kier molecular flexibility index (Phi) is 5.67.